The average Bonchev–Trinajstić information content (AvgIpc) is 2.52. The molecule has 132 valence electrons. The predicted molar refractivity (Wildman–Crippen MR) is 89.8 cm³/mol. The Morgan fingerprint density at radius 3 is 2.54 bits per heavy atom. The smallest absolute Gasteiger partial charge is 0.311 e. The highest BCUT2D eigenvalue weighted by atomic mass is 32.2. The lowest BCUT2D eigenvalue weighted by Crippen LogP contribution is -2.48. The first-order chi connectivity index (χ1) is 11.1. The molecule has 1 aromatic carbocycles. The summed E-state index contributed by atoms with van der Waals surface area (Å²) in [7, 11) is -3.42. The third-order valence-corrected chi connectivity index (χ3v) is 5.73. The molecule has 0 aromatic heterocycles. The van der Waals surface area contributed by atoms with Gasteiger partial charge in [0.25, 0.3) is 5.91 Å². The Hall–Kier alpha value is -1.89. The minimum Gasteiger partial charge on any atom is -0.481 e. The number of carboxylic acid groups (broad SMARTS) is 1. The number of aryl methyl sites for hydroxylation is 1. The van der Waals surface area contributed by atoms with Crippen molar-refractivity contribution in [2.75, 3.05) is 19.3 Å². The summed E-state index contributed by atoms with van der Waals surface area (Å²) >= 11 is 0. The molecule has 1 unspecified atom stereocenters. The number of carbonyl (C=O) groups is 2. The minimum atomic E-state index is -3.42. The van der Waals surface area contributed by atoms with Crippen LogP contribution >= 0.6 is 0 Å². The van der Waals surface area contributed by atoms with Crippen molar-refractivity contribution >= 4 is 21.7 Å². The molecule has 0 aliphatic carbocycles. The number of hydrogen-bond donors (Lipinski definition) is 1. The number of sulfone groups is 1. The van der Waals surface area contributed by atoms with Crippen LogP contribution in [0.2, 0.25) is 0 Å². The van der Waals surface area contributed by atoms with E-state index in [0.29, 0.717) is 31.4 Å². The van der Waals surface area contributed by atoms with Crippen molar-refractivity contribution in [3.63, 3.8) is 0 Å². The Balaban J connectivity index is 2.40. The summed E-state index contributed by atoms with van der Waals surface area (Å²) in [4.78, 5) is 26.0. The summed E-state index contributed by atoms with van der Waals surface area (Å²) in [5.74, 6) is -1.22. The normalized spacial score (nSPS) is 21.5. The monoisotopic (exact) mass is 353 g/mol. The molecule has 1 heterocycles. The minimum absolute atomic E-state index is 0.0982. The number of piperidine rings is 1. The first-order valence-corrected chi connectivity index (χ1v) is 9.83. The molecule has 1 saturated heterocycles. The SMILES string of the molecule is CCc1ccc(S(C)(=O)=O)cc1C(=O)N1CCCC(C)(C(=O)O)C1. The molecule has 0 radical (unpaired) electrons. The number of amides is 1. The van der Waals surface area contributed by atoms with Crippen molar-refractivity contribution in [2.24, 2.45) is 5.41 Å². The molecule has 0 bridgehead atoms. The van der Waals surface area contributed by atoms with E-state index < -0.39 is 21.2 Å². The number of benzene rings is 1. The number of hydrogen-bond acceptors (Lipinski definition) is 4. The summed E-state index contributed by atoms with van der Waals surface area (Å²) in [6.45, 7) is 4.15. The summed E-state index contributed by atoms with van der Waals surface area (Å²) in [5, 5.41) is 9.40. The van der Waals surface area contributed by atoms with Gasteiger partial charge in [0, 0.05) is 24.9 Å². The van der Waals surface area contributed by atoms with Gasteiger partial charge in [-0.3, -0.25) is 9.59 Å². The van der Waals surface area contributed by atoms with Crippen LogP contribution in [0, 0.1) is 5.41 Å². The van der Waals surface area contributed by atoms with Gasteiger partial charge in [-0.25, -0.2) is 8.42 Å². The number of rotatable bonds is 4. The quantitative estimate of drug-likeness (QED) is 0.893. The molecule has 0 saturated carbocycles. The van der Waals surface area contributed by atoms with E-state index in [-0.39, 0.29) is 17.3 Å². The molecule has 6 nitrogen and oxygen atoms in total. The molecule has 24 heavy (non-hydrogen) atoms. The van der Waals surface area contributed by atoms with Crippen LogP contribution in [0.3, 0.4) is 0 Å². The van der Waals surface area contributed by atoms with Crippen molar-refractivity contribution in [3.8, 4) is 0 Å². The molecule has 1 fully saturated rings. The molecule has 2 rings (SSSR count). The van der Waals surface area contributed by atoms with Crippen molar-refractivity contribution in [1.29, 1.82) is 0 Å². The second kappa shape index (κ2) is 6.55. The number of carbonyl (C=O) groups excluding carboxylic acids is 1. The first kappa shape index (κ1) is 18.4. The largest absolute Gasteiger partial charge is 0.481 e. The van der Waals surface area contributed by atoms with Crippen LogP contribution in [0.25, 0.3) is 0 Å². The van der Waals surface area contributed by atoms with Crippen LogP contribution in [0.5, 0.6) is 0 Å². The Bertz CT molecular complexity index is 771. The second-order valence-corrected chi connectivity index (χ2v) is 8.66. The van der Waals surface area contributed by atoms with Crippen LogP contribution in [-0.4, -0.2) is 49.6 Å². The molecular weight excluding hydrogens is 330 g/mol. The van der Waals surface area contributed by atoms with Gasteiger partial charge < -0.3 is 10.0 Å². The molecule has 0 spiro atoms. The van der Waals surface area contributed by atoms with E-state index in [1.807, 2.05) is 6.92 Å². The van der Waals surface area contributed by atoms with Crippen LogP contribution in [0.4, 0.5) is 0 Å². The topological polar surface area (TPSA) is 91.8 Å². The molecular formula is C17H23NO5S. The maximum absolute atomic E-state index is 12.9. The van der Waals surface area contributed by atoms with Crippen molar-refractivity contribution in [3.05, 3.63) is 29.3 Å². The summed E-state index contributed by atoms with van der Waals surface area (Å²) in [5.41, 5.74) is 0.138. The van der Waals surface area contributed by atoms with Gasteiger partial charge in [-0.05, 0) is 43.9 Å². The highest BCUT2D eigenvalue weighted by Gasteiger charge is 2.39. The van der Waals surface area contributed by atoms with Gasteiger partial charge in [0.2, 0.25) is 0 Å². The highest BCUT2D eigenvalue weighted by Crippen LogP contribution is 2.31. The van der Waals surface area contributed by atoms with E-state index in [1.54, 1.807) is 13.0 Å². The zero-order valence-electron chi connectivity index (χ0n) is 14.2. The maximum Gasteiger partial charge on any atom is 0.311 e. The fourth-order valence-electron chi connectivity index (χ4n) is 3.05. The Morgan fingerprint density at radius 1 is 1.33 bits per heavy atom. The van der Waals surface area contributed by atoms with Crippen molar-refractivity contribution in [1.82, 2.24) is 4.90 Å². The number of carboxylic acids is 1. The number of nitrogens with zero attached hydrogens (tertiary/aromatic N) is 1. The fraction of sp³-hybridized carbons (Fsp3) is 0.529. The Labute approximate surface area is 142 Å². The molecule has 1 amide bonds. The molecule has 1 atom stereocenters. The van der Waals surface area contributed by atoms with E-state index in [0.717, 1.165) is 11.8 Å². The van der Waals surface area contributed by atoms with Crippen LogP contribution < -0.4 is 0 Å². The van der Waals surface area contributed by atoms with Crippen LogP contribution in [0.15, 0.2) is 23.1 Å². The highest BCUT2D eigenvalue weighted by molar-refractivity contribution is 7.90. The first-order valence-electron chi connectivity index (χ1n) is 7.94. The van der Waals surface area contributed by atoms with Crippen molar-refractivity contribution in [2.45, 2.75) is 38.0 Å². The Kier molecular flexibility index (Phi) is 5.03. The van der Waals surface area contributed by atoms with E-state index in [4.69, 9.17) is 0 Å². The van der Waals surface area contributed by atoms with E-state index in [9.17, 15) is 23.1 Å². The van der Waals surface area contributed by atoms with Crippen LogP contribution in [0.1, 0.15) is 42.6 Å². The zero-order chi connectivity index (χ0) is 18.1. The van der Waals surface area contributed by atoms with E-state index >= 15 is 0 Å². The standard InChI is InChI=1S/C17H23NO5S/c1-4-12-6-7-13(24(3,22)23)10-14(12)15(19)18-9-5-8-17(2,11-18)16(20)21/h6-7,10H,4-5,8-9,11H2,1-3H3,(H,20,21). The predicted octanol–water partition coefficient (Wildman–Crippen LogP) is 1.98. The second-order valence-electron chi connectivity index (χ2n) is 6.64. The van der Waals surface area contributed by atoms with Gasteiger partial charge in [0.1, 0.15) is 0 Å². The zero-order valence-corrected chi connectivity index (χ0v) is 15.0. The van der Waals surface area contributed by atoms with Gasteiger partial charge in [0.15, 0.2) is 9.84 Å². The number of likely N-dealkylation sites (tertiary alicyclic amines) is 1. The van der Waals surface area contributed by atoms with Gasteiger partial charge >= 0.3 is 5.97 Å². The van der Waals surface area contributed by atoms with Crippen LogP contribution in [-0.2, 0) is 21.1 Å². The maximum atomic E-state index is 12.9. The summed E-state index contributed by atoms with van der Waals surface area (Å²) < 4.78 is 23.5. The number of aliphatic carboxylic acids is 1. The Morgan fingerprint density at radius 2 is 2.00 bits per heavy atom. The van der Waals surface area contributed by atoms with Gasteiger partial charge in [0.05, 0.1) is 10.3 Å². The molecule has 1 aliphatic heterocycles. The third kappa shape index (κ3) is 3.61. The lowest BCUT2D eigenvalue weighted by atomic mass is 9.81. The lowest BCUT2D eigenvalue weighted by Gasteiger charge is -2.37. The lowest BCUT2D eigenvalue weighted by molar-refractivity contribution is -0.150. The average molecular weight is 353 g/mol. The van der Waals surface area contributed by atoms with Crippen molar-refractivity contribution < 1.29 is 23.1 Å². The summed E-state index contributed by atoms with van der Waals surface area (Å²) in [6, 6.07) is 4.57. The molecule has 7 heteroatoms. The van der Waals surface area contributed by atoms with Gasteiger partial charge in [-0.2, -0.15) is 0 Å². The summed E-state index contributed by atoms with van der Waals surface area (Å²) in [6.07, 6.45) is 2.83. The molecule has 1 N–H and O–H groups in total. The van der Waals surface area contributed by atoms with Gasteiger partial charge in [-0.15, -0.1) is 0 Å². The van der Waals surface area contributed by atoms with E-state index in [2.05, 4.69) is 0 Å². The van der Waals surface area contributed by atoms with E-state index in [1.165, 1.54) is 17.0 Å². The molecule has 1 aromatic rings. The fourth-order valence-corrected chi connectivity index (χ4v) is 3.70. The molecule has 1 aliphatic rings. The van der Waals surface area contributed by atoms with Gasteiger partial charge in [-0.1, -0.05) is 13.0 Å². The third-order valence-electron chi connectivity index (χ3n) is 4.62.